The van der Waals surface area contributed by atoms with Crippen LogP contribution in [-0.2, 0) is 0 Å². The quantitative estimate of drug-likeness (QED) is 0.542. The minimum atomic E-state index is -0.370. The Morgan fingerprint density at radius 1 is 1.86 bits per heavy atom. The predicted molar refractivity (Wildman–Crippen MR) is 27.5 cm³/mol. The predicted octanol–water partition coefficient (Wildman–Crippen LogP) is 1.27. The summed E-state index contributed by atoms with van der Waals surface area (Å²) in [4.78, 5) is 0. The normalized spacial score (nSPS) is 9.29. The van der Waals surface area contributed by atoms with Crippen molar-refractivity contribution in [2.24, 2.45) is 0 Å². The SMILES string of the molecule is Nc1s[c]cc1F. The zero-order chi connectivity index (χ0) is 5.28. The molecule has 0 amide bonds. The van der Waals surface area contributed by atoms with Crippen molar-refractivity contribution >= 4 is 16.3 Å². The Morgan fingerprint density at radius 2 is 2.57 bits per heavy atom. The van der Waals surface area contributed by atoms with Crippen LogP contribution in [0.2, 0.25) is 0 Å². The lowest BCUT2D eigenvalue weighted by molar-refractivity contribution is 0.637. The average Bonchev–Trinajstić information content (AvgIpc) is 1.91. The first kappa shape index (κ1) is 4.59. The molecule has 7 heavy (non-hydrogen) atoms. The van der Waals surface area contributed by atoms with Gasteiger partial charge in [0.15, 0.2) is 5.82 Å². The van der Waals surface area contributed by atoms with Gasteiger partial charge < -0.3 is 5.73 Å². The molecule has 37 valence electrons. The van der Waals surface area contributed by atoms with E-state index in [4.69, 9.17) is 5.73 Å². The van der Waals surface area contributed by atoms with Crippen LogP contribution in [0, 0.1) is 11.2 Å². The Balaban J connectivity index is 3.12. The smallest absolute Gasteiger partial charge is 0.157 e. The molecule has 0 aliphatic rings. The van der Waals surface area contributed by atoms with Crippen molar-refractivity contribution < 1.29 is 4.39 Å². The van der Waals surface area contributed by atoms with Gasteiger partial charge in [0.2, 0.25) is 0 Å². The fourth-order valence-corrected chi connectivity index (χ4v) is 0.710. The van der Waals surface area contributed by atoms with Gasteiger partial charge in [-0.3, -0.25) is 0 Å². The van der Waals surface area contributed by atoms with E-state index >= 15 is 0 Å². The first-order valence-electron chi connectivity index (χ1n) is 1.71. The van der Waals surface area contributed by atoms with E-state index in [-0.39, 0.29) is 10.8 Å². The van der Waals surface area contributed by atoms with Gasteiger partial charge in [-0.15, -0.1) is 11.3 Å². The number of thiophene rings is 1. The van der Waals surface area contributed by atoms with Crippen LogP contribution in [0.25, 0.3) is 0 Å². The first-order valence-corrected chi connectivity index (χ1v) is 2.53. The van der Waals surface area contributed by atoms with Gasteiger partial charge in [-0.25, -0.2) is 4.39 Å². The molecule has 0 aliphatic carbocycles. The van der Waals surface area contributed by atoms with Crippen molar-refractivity contribution in [3.8, 4) is 0 Å². The van der Waals surface area contributed by atoms with Crippen LogP contribution in [0.1, 0.15) is 0 Å². The number of nitrogens with two attached hydrogens (primary N) is 1. The maximum Gasteiger partial charge on any atom is 0.157 e. The molecule has 1 aromatic rings. The minimum Gasteiger partial charge on any atom is -0.388 e. The summed E-state index contributed by atoms with van der Waals surface area (Å²) in [6, 6.07) is 1.22. The van der Waals surface area contributed by atoms with Gasteiger partial charge in [-0.2, -0.15) is 0 Å². The Kier molecular flexibility index (Phi) is 0.982. The Morgan fingerprint density at radius 3 is 2.71 bits per heavy atom. The summed E-state index contributed by atoms with van der Waals surface area (Å²) in [6.07, 6.45) is 0. The van der Waals surface area contributed by atoms with Gasteiger partial charge in [-0.1, -0.05) is 0 Å². The van der Waals surface area contributed by atoms with Crippen LogP contribution in [0.3, 0.4) is 0 Å². The van der Waals surface area contributed by atoms with Crippen molar-refractivity contribution in [3.05, 3.63) is 17.3 Å². The molecule has 0 fully saturated rings. The molecule has 0 unspecified atom stereocenters. The van der Waals surface area contributed by atoms with Gasteiger partial charge in [0.1, 0.15) is 5.00 Å². The fraction of sp³-hybridized carbons (Fsp3) is 0. The van der Waals surface area contributed by atoms with Crippen LogP contribution in [0.4, 0.5) is 9.39 Å². The van der Waals surface area contributed by atoms with Gasteiger partial charge in [0.25, 0.3) is 0 Å². The number of hydrogen-bond donors (Lipinski definition) is 1. The minimum absolute atomic E-state index is 0.208. The molecule has 1 aromatic heterocycles. The summed E-state index contributed by atoms with van der Waals surface area (Å²) in [6.45, 7) is 0. The van der Waals surface area contributed by atoms with Crippen molar-refractivity contribution in [1.29, 1.82) is 0 Å². The van der Waals surface area contributed by atoms with E-state index in [9.17, 15) is 4.39 Å². The van der Waals surface area contributed by atoms with Crippen molar-refractivity contribution in [3.63, 3.8) is 0 Å². The average molecular weight is 116 g/mol. The fourth-order valence-electron chi connectivity index (χ4n) is 0.265. The van der Waals surface area contributed by atoms with Crippen LogP contribution < -0.4 is 5.73 Å². The molecule has 1 radical (unpaired) electrons. The Hall–Kier alpha value is -0.570. The lowest BCUT2D eigenvalue weighted by atomic mass is 10.6. The van der Waals surface area contributed by atoms with E-state index < -0.39 is 0 Å². The second-order valence-corrected chi connectivity index (χ2v) is 1.96. The third-order valence-corrected chi connectivity index (χ3v) is 1.24. The van der Waals surface area contributed by atoms with E-state index in [1.807, 2.05) is 0 Å². The molecular formula is C4H3FNS. The van der Waals surface area contributed by atoms with E-state index in [1.54, 1.807) is 0 Å². The molecule has 3 heteroatoms. The summed E-state index contributed by atoms with van der Waals surface area (Å²) in [7, 11) is 0. The Bertz CT molecular complexity index is 144. The van der Waals surface area contributed by atoms with Gasteiger partial charge >= 0.3 is 0 Å². The molecule has 1 nitrogen and oxygen atoms in total. The zero-order valence-corrected chi connectivity index (χ0v) is 4.26. The molecule has 0 aromatic carbocycles. The summed E-state index contributed by atoms with van der Waals surface area (Å²) >= 11 is 1.08. The second-order valence-electron chi connectivity index (χ2n) is 1.08. The molecule has 0 atom stereocenters. The molecule has 0 aliphatic heterocycles. The van der Waals surface area contributed by atoms with Crippen LogP contribution in [0.15, 0.2) is 6.07 Å². The van der Waals surface area contributed by atoms with Gasteiger partial charge in [0.05, 0.1) is 0 Å². The van der Waals surface area contributed by atoms with Crippen LogP contribution >= 0.6 is 11.3 Å². The number of hydrogen-bond acceptors (Lipinski definition) is 2. The largest absolute Gasteiger partial charge is 0.388 e. The van der Waals surface area contributed by atoms with E-state index in [0.29, 0.717) is 0 Å². The van der Waals surface area contributed by atoms with Crippen molar-refractivity contribution in [2.75, 3.05) is 5.73 Å². The molecular weight excluding hydrogens is 113 g/mol. The lowest BCUT2D eigenvalue weighted by Crippen LogP contribution is -1.79. The molecule has 1 rings (SSSR count). The number of halogens is 1. The zero-order valence-electron chi connectivity index (χ0n) is 3.44. The topological polar surface area (TPSA) is 26.0 Å². The van der Waals surface area contributed by atoms with Crippen molar-refractivity contribution in [2.45, 2.75) is 0 Å². The molecule has 2 N–H and O–H groups in total. The third-order valence-electron chi connectivity index (χ3n) is 0.590. The first-order chi connectivity index (χ1) is 3.30. The highest BCUT2D eigenvalue weighted by Gasteiger charge is 1.93. The number of rotatable bonds is 0. The molecule has 0 saturated carbocycles. The van der Waals surface area contributed by atoms with Gasteiger partial charge in [0, 0.05) is 5.38 Å². The lowest BCUT2D eigenvalue weighted by Gasteiger charge is -1.76. The van der Waals surface area contributed by atoms with Gasteiger partial charge in [-0.05, 0) is 6.07 Å². The highest BCUT2D eigenvalue weighted by molar-refractivity contribution is 7.13. The highest BCUT2D eigenvalue weighted by atomic mass is 32.1. The standard InChI is InChI=1S/C4H3FNS/c5-3-1-2-7-4(3)6/h1H,6H2. The molecule has 1 heterocycles. The Labute approximate surface area is 44.6 Å². The maximum absolute atomic E-state index is 11.9. The molecule has 0 spiro atoms. The summed E-state index contributed by atoms with van der Waals surface area (Å²) in [5.41, 5.74) is 5.05. The van der Waals surface area contributed by atoms with Crippen molar-refractivity contribution in [1.82, 2.24) is 0 Å². The van der Waals surface area contributed by atoms with Crippen LogP contribution in [0.5, 0.6) is 0 Å². The van der Waals surface area contributed by atoms with Crippen LogP contribution in [-0.4, -0.2) is 0 Å². The molecule has 0 saturated heterocycles. The van der Waals surface area contributed by atoms with E-state index in [2.05, 4.69) is 5.38 Å². The summed E-state index contributed by atoms with van der Waals surface area (Å²) < 4.78 is 11.9. The second kappa shape index (κ2) is 1.50. The number of nitrogen functional groups attached to an aromatic ring is 1. The third kappa shape index (κ3) is 0.718. The number of anilines is 1. The maximum atomic E-state index is 11.9. The highest BCUT2D eigenvalue weighted by Crippen LogP contribution is 2.14. The monoisotopic (exact) mass is 116 g/mol. The van der Waals surface area contributed by atoms with E-state index in [1.165, 1.54) is 6.07 Å². The van der Waals surface area contributed by atoms with E-state index in [0.717, 1.165) is 11.3 Å². The molecule has 0 bridgehead atoms. The summed E-state index contributed by atoms with van der Waals surface area (Å²) in [5.74, 6) is -0.370. The summed E-state index contributed by atoms with van der Waals surface area (Å²) in [5, 5.41) is 2.75.